The van der Waals surface area contributed by atoms with Gasteiger partial charge in [0.1, 0.15) is 6.61 Å². The number of hydrogen-bond acceptors (Lipinski definition) is 6. The van der Waals surface area contributed by atoms with Gasteiger partial charge in [-0.25, -0.2) is 15.0 Å². The number of aromatic nitrogens is 3. The third-order valence-corrected chi connectivity index (χ3v) is 4.12. The molecule has 1 spiro atoms. The molecule has 0 radical (unpaired) electrons. The smallest absolute Gasteiger partial charge is 0.169 e. The van der Waals surface area contributed by atoms with E-state index >= 15 is 0 Å². The lowest BCUT2D eigenvalue weighted by Gasteiger charge is -2.35. The minimum atomic E-state index is -0.0167. The molecule has 1 fully saturated rings. The molecule has 2 aromatic heterocycles. The summed E-state index contributed by atoms with van der Waals surface area (Å²) >= 11 is 0. The Morgan fingerprint density at radius 2 is 2.14 bits per heavy atom. The first-order valence-electron chi connectivity index (χ1n) is 7.17. The van der Waals surface area contributed by atoms with E-state index in [-0.39, 0.29) is 5.54 Å². The summed E-state index contributed by atoms with van der Waals surface area (Å²) in [6.07, 6.45) is 4.52. The predicted molar refractivity (Wildman–Crippen MR) is 79.3 cm³/mol. The van der Waals surface area contributed by atoms with Crippen molar-refractivity contribution in [2.45, 2.75) is 18.9 Å². The molecule has 2 aromatic rings. The Kier molecular flexibility index (Phi) is 2.78. The maximum absolute atomic E-state index is 5.96. The standard InChI is InChI=1S/C15H17N5O/c1-10-11(13-17-4-2-5-18-13)7-12-14(19-10)20-15(9-21-12)3-6-16-8-15/h2,4-5,7,16H,3,6,8-9H2,1H3,(H,19,20). The topological polar surface area (TPSA) is 72.0 Å². The normalized spacial score (nSPS) is 23.5. The number of ether oxygens (including phenoxy) is 1. The highest BCUT2D eigenvalue weighted by Crippen LogP contribution is 2.36. The van der Waals surface area contributed by atoms with Gasteiger partial charge >= 0.3 is 0 Å². The number of pyridine rings is 1. The van der Waals surface area contributed by atoms with Gasteiger partial charge in [-0.05, 0) is 32.0 Å². The van der Waals surface area contributed by atoms with Crippen LogP contribution in [0.4, 0.5) is 5.82 Å². The van der Waals surface area contributed by atoms with Gasteiger partial charge in [-0.1, -0.05) is 0 Å². The maximum atomic E-state index is 5.96. The molecule has 1 atom stereocenters. The molecule has 4 heterocycles. The fourth-order valence-corrected chi connectivity index (χ4v) is 2.93. The summed E-state index contributed by atoms with van der Waals surface area (Å²) in [6, 6.07) is 3.79. The Balaban J connectivity index is 1.73. The zero-order valence-electron chi connectivity index (χ0n) is 11.9. The van der Waals surface area contributed by atoms with E-state index in [0.717, 1.165) is 42.3 Å². The van der Waals surface area contributed by atoms with Crippen LogP contribution < -0.4 is 15.4 Å². The van der Waals surface area contributed by atoms with Crippen LogP contribution in [0.1, 0.15) is 12.1 Å². The van der Waals surface area contributed by atoms with Crippen molar-refractivity contribution in [2.75, 3.05) is 25.0 Å². The van der Waals surface area contributed by atoms with Gasteiger partial charge in [0.05, 0.1) is 11.2 Å². The van der Waals surface area contributed by atoms with Gasteiger partial charge in [0, 0.05) is 24.5 Å². The molecule has 0 bridgehead atoms. The molecular formula is C15H17N5O. The number of aryl methyl sites for hydroxylation is 1. The summed E-state index contributed by atoms with van der Waals surface area (Å²) in [7, 11) is 0. The molecule has 108 valence electrons. The van der Waals surface area contributed by atoms with Crippen LogP contribution in [0.2, 0.25) is 0 Å². The SMILES string of the molecule is Cc1nc2c(cc1-c1ncccn1)OCC1(CCNC1)N2. The monoisotopic (exact) mass is 283 g/mol. The van der Waals surface area contributed by atoms with Gasteiger partial charge in [-0.15, -0.1) is 0 Å². The summed E-state index contributed by atoms with van der Waals surface area (Å²) in [5, 5.41) is 6.93. The van der Waals surface area contributed by atoms with E-state index in [0.29, 0.717) is 12.4 Å². The molecule has 0 amide bonds. The minimum absolute atomic E-state index is 0.0167. The molecule has 0 aliphatic carbocycles. The molecule has 0 saturated carbocycles. The van der Waals surface area contributed by atoms with Crippen LogP contribution in [0, 0.1) is 6.92 Å². The Hall–Kier alpha value is -2.21. The van der Waals surface area contributed by atoms with Gasteiger partial charge in [-0.2, -0.15) is 0 Å². The third-order valence-electron chi connectivity index (χ3n) is 4.12. The molecule has 4 rings (SSSR count). The van der Waals surface area contributed by atoms with Crippen molar-refractivity contribution in [1.82, 2.24) is 20.3 Å². The fraction of sp³-hybridized carbons (Fsp3) is 0.400. The van der Waals surface area contributed by atoms with Crippen molar-refractivity contribution >= 4 is 5.82 Å². The van der Waals surface area contributed by atoms with Crippen LogP contribution in [0.15, 0.2) is 24.5 Å². The zero-order valence-corrected chi connectivity index (χ0v) is 11.9. The first-order chi connectivity index (χ1) is 10.3. The summed E-state index contributed by atoms with van der Waals surface area (Å²) in [5.74, 6) is 2.28. The van der Waals surface area contributed by atoms with E-state index < -0.39 is 0 Å². The van der Waals surface area contributed by atoms with Gasteiger partial charge in [0.15, 0.2) is 17.4 Å². The van der Waals surface area contributed by atoms with Gasteiger partial charge in [0.25, 0.3) is 0 Å². The van der Waals surface area contributed by atoms with Crippen molar-refractivity contribution in [2.24, 2.45) is 0 Å². The first kappa shape index (κ1) is 12.5. The quantitative estimate of drug-likeness (QED) is 0.824. The summed E-state index contributed by atoms with van der Waals surface area (Å²) in [4.78, 5) is 13.3. The predicted octanol–water partition coefficient (Wildman–Crippen LogP) is 1.38. The second kappa shape index (κ2) is 4.66. The fourth-order valence-electron chi connectivity index (χ4n) is 2.93. The molecule has 6 nitrogen and oxygen atoms in total. The van der Waals surface area contributed by atoms with E-state index in [9.17, 15) is 0 Å². The molecule has 2 N–H and O–H groups in total. The number of fused-ring (bicyclic) bond motifs is 1. The molecule has 0 aromatic carbocycles. The molecule has 2 aliphatic heterocycles. The maximum Gasteiger partial charge on any atom is 0.169 e. The molecule has 1 unspecified atom stereocenters. The van der Waals surface area contributed by atoms with Gasteiger partial charge in [0.2, 0.25) is 0 Å². The Morgan fingerprint density at radius 3 is 2.90 bits per heavy atom. The second-order valence-electron chi connectivity index (χ2n) is 5.66. The molecule has 21 heavy (non-hydrogen) atoms. The van der Waals surface area contributed by atoms with Crippen LogP contribution in [0.25, 0.3) is 11.4 Å². The van der Waals surface area contributed by atoms with Gasteiger partial charge < -0.3 is 15.4 Å². The Labute approximate surface area is 123 Å². The van der Waals surface area contributed by atoms with Crippen molar-refractivity contribution < 1.29 is 4.74 Å². The largest absolute Gasteiger partial charge is 0.487 e. The van der Waals surface area contributed by atoms with Crippen molar-refractivity contribution in [1.29, 1.82) is 0 Å². The van der Waals surface area contributed by atoms with Crippen molar-refractivity contribution in [3.05, 3.63) is 30.2 Å². The van der Waals surface area contributed by atoms with Crippen molar-refractivity contribution in [3.63, 3.8) is 0 Å². The van der Waals surface area contributed by atoms with Crippen LogP contribution in [0.3, 0.4) is 0 Å². The van der Waals surface area contributed by atoms with Gasteiger partial charge in [-0.3, -0.25) is 0 Å². The van der Waals surface area contributed by atoms with E-state index in [2.05, 4.69) is 25.6 Å². The van der Waals surface area contributed by atoms with E-state index in [1.807, 2.05) is 13.0 Å². The minimum Gasteiger partial charge on any atom is -0.487 e. The van der Waals surface area contributed by atoms with Crippen molar-refractivity contribution in [3.8, 4) is 17.1 Å². The second-order valence-corrected chi connectivity index (χ2v) is 5.66. The number of hydrogen-bond donors (Lipinski definition) is 2. The molecule has 1 saturated heterocycles. The number of nitrogens with zero attached hydrogens (tertiary/aromatic N) is 3. The summed E-state index contributed by atoms with van der Waals surface area (Å²) in [5.41, 5.74) is 1.80. The molecular weight excluding hydrogens is 266 g/mol. The van der Waals surface area contributed by atoms with Crippen LogP contribution in [-0.4, -0.2) is 40.2 Å². The van der Waals surface area contributed by atoms with E-state index in [1.165, 1.54) is 0 Å². The highest BCUT2D eigenvalue weighted by atomic mass is 16.5. The average molecular weight is 283 g/mol. The summed E-state index contributed by atoms with van der Waals surface area (Å²) < 4.78 is 5.96. The highest BCUT2D eigenvalue weighted by molar-refractivity contribution is 5.67. The van der Waals surface area contributed by atoms with Crippen LogP contribution >= 0.6 is 0 Å². The number of anilines is 1. The molecule has 2 aliphatic rings. The third kappa shape index (κ3) is 2.12. The zero-order chi connectivity index (χ0) is 14.3. The lowest BCUT2D eigenvalue weighted by atomic mass is 9.98. The highest BCUT2D eigenvalue weighted by Gasteiger charge is 2.39. The number of rotatable bonds is 1. The Bertz CT molecular complexity index is 667. The Morgan fingerprint density at radius 1 is 1.29 bits per heavy atom. The van der Waals surface area contributed by atoms with E-state index in [1.54, 1.807) is 18.5 Å². The molecule has 6 heteroatoms. The average Bonchev–Trinajstić information content (AvgIpc) is 2.95. The summed E-state index contributed by atoms with van der Waals surface area (Å²) in [6.45, 7) is 4.56. The lowest BCUT2D eigenvalue weighted by Crippen LogP contribution is -2.48. The van der Waals surface area contributed by atoms with Crippen LogP contribution in [-0.2, 0) is 0 Å². The first-order valence-corrected chi connectivity index (χ1v) is 7.17. The van der Waals surface area contributed by atoms with E-state index in [4.69, 9.17) is 4.74 Å². The number of nitrogens with one attached hydrogen (secondary N) is 2. The van der Waals surface area contributed by atoms with Crippen LogP contribution in [0.5, 0.6) is 5.75 Å². The lowest BCUT2D eigenvalue weighted by molar-refractivity contribution is 0.228.